The molecule has 1 amide bonds. The Morgan fingerprint density at radius 2 is 1.79 bits per heavy atom. The number of benzene rings is 2. The molecule has 2 aromatic heterocycles. The summed E-state index contributed by atoms with van der Waals surface area (Å²) in [6.07, 6.45) is 5.21. The molecule has 1 aliphatic rings. The summed E-state index contributed by atoms with van der Waals surface area (Å²) < 4.78 is 3.68. The van der Waals surface area contributed by atoms with Gasteiger partial charge in [-0.15, -0.1) is 0 Å². The third-order valence-electron chi connectivity index (χ3n) is 7.89. The van der Waals surface area contributed by atoms with E-state index in [9.17, 15) is 19.8 Å². The maximum Gasteiger partial charge on any atom is 0.348 e. The van der Waals surface area contributed by atoms with Crippen molar-refractivity contribution in [2.75, 3.05) is 13.1 Å². The summed E-state index contributed by atoms with van der Waals surface area (Å²) in [5.74, 6) is 1.06. The zero-order chi connectivity index (χ0) is 27.8. The van der Waals surface area contributed by atoms with E-state index < -0.39 is 5.69 Å². The van der Waals surface area contributed by atoms with Gasteiger partial charge in [0.05, 0.1) is 11.3 Å². The molecule has 9 heteroatoms. The summed E-state index contributed by atoms with van der Waals surface area (Å²) in [5, 5.41) is 28.5. The fourth-order valence-electron chi connectivity index (χ4n) is 5.60. The number of carbonyl (C=O) groups excluding carboxylic acids is 1. The molecule has 0 spiro atoms. The third-order valence-corrected chi connectivity index (χ3v) is 7.89. The van der Waals surface area contributed by atoms with Crippen LogP contribution in [0.3, 0.4) is 0 Å². The van der Waals surface area contributed by atoms with Crippen LogP contribution >= 0.6 is 0 Å². The van der Waals surface area contributed by atoms with Crippen molar-refractivity contribution in [3.05, 3.63) is 58.6 Å². The molecule has 39 heavy (non-hydrogen) atoms. The summed E-state index contributed by atoms with van der Waals surface area (Å²) in [6, 6.07) is 10.9. The Balaban J connectivity index is 1.36. The largest absolute Gasteiger partial charge is 0.508 e. The Bertz CT molecular complexity index is 1550. The highest BCUT2D eigenvalue weighted by atomic mass is 16.3. The second-order valence-electron chi connectivity index (χ2n) is 11.2. The number of hydrogen-bond donors (Lipinski definition) is 3. The number of piperidine rings is 1. The summed E-state index contributed by atoms with van der Waals surface area (Å²) in [6.45, 7) is 10.4. The number of carbonyl (C=O) groups is 1. The van der Waals surface area contributed by atoms with Gasteiger partial charge in [-0.2, -0.15) is 5.10 Å². The van der Waals surface area contributed by atoms with E-state index in [1.54, 1.807) is 6.07 Å². The molecule has 206 valence electrons. The number of hydrogen-bond acceptors (Lipinski definition) is 5. The first-order valence-corrected chi connectivity index (χ1v) is 13.8. The van der Waals surface area contributed by atoms with Gasteiger partial charge in [0, 0.05) is 48.7 Å². The van der Waals surface area contributed by atoms with E-state index in [2.05, 4.69) is 21.0 Å². The molecule has 9 nitrogen and oxygen atoms in total. The van der Waals surface area contributed by atoms with Crippen molar-refractivity contribution in [3.8, 4) is 28.6 Å². The molecule has 0 saturated carbocycles. The second kappa shape index (κ2) is 10.6. The second-order valence-corrected chi connectivity index (χ2v) is 11.2. The summed E-state index contributed by atoms with van der Waals surface area (Å²) in [7, 11) is 0. The minimum Gasteiger partial charge on any atom is -0.508 e. The fraction of sp³-hybridized carbons (Fsp3) is 0.433. The lowest BCUT2D eigenvalue weighted by atomic mass is 9.93. The van der Waals surface area contributed by atoms with E-state index in [-0.39, 0.29) is 35.1 Å². The number of nitrogens with one attached hydrogen (secondary N) is 1. The number of phenolic OH excluding ortho intramolecular Hbond substituents is 2. The smallest absolute Gasteiger partial charge is 0.348 e. The molecule has 2 aromatic carbocycles. The molecular formula is C30H37N5O4. The Morgan fingerprint density at radius 1 is 1.05 bits per heavy atom. The van der Waals surface area contributed by atoms with Gasteiger partial charge in [0.25, 0.3) is 0 Å². The first kappa shape index (κ1) is 26.6. The highest BCUT2D eigenvalue weighted by molar-refractivity contribution is 5.83. The number of likely N-dealkylation sites (tertiary alicyclic amines) is 1. The van der Waals surface area contributed by atoms with Gasteiger partial charge >= 0.3 is 5.69 Å². The average molecular weight is 532 g/mol. The SMILES string of the molecule is CC(C)C(=O)N1CCC(CCn2ccc3cc(-n4c(-c5cc(C(C)C)c(O)cc5O)n[nH]c4=O)ccc32)CC1. The van der Waals surface area contributed by atoms with E-state index >= 15 is 0 Å². The third kappa shape index (κ3) is 5.17. The molecule has 0 atom stereocenters. The highest BCUT2D eigenvalue weighted by Crippen LogP contribution is 2.37. The quantitative estimate of drug-likeness (QED) is 0.310. The minimum absolute atomic E-state index is 0.00745. The number of phenols is 2. The molecule has 4 aromatic rings. The minimum atomic E-state index is -0.412. The van der Waals surface area contributed by atoms with Crippen molar-refractivity contribution in [1.82, 2.24) is 24.2 Å². The first-order chi connectivity index (χ1) is 18.6. The van der Waals surface area contributed by atoms with Crippen LogP contribution in [-0.4, -0.2) is 53.4 Å². The summed E-state index contributed by atoms with van der Waals surface area (Å²) >= 11 is 0. The van der Waals surface area contributed by atoms with Crippen LogP contribution in [0.5, 0.6) is 11.5 Å². The van der Waals surface area contributed by atoms with E-state index in [1.165, 1.54) is 10.6 Å². The van der Waals surface area contributed by atoms with E-state index in [1.807, 2.05) is 56.9 Å². The average Bonchev–Trinajstić information content (AvgIpc) is 3.49. The van der Waals surface area contributed by atoms with Crippen molar-refractivity contribution < 1.29 is 15.0 Å². The van der Waals surface area contributed by atoms with Gasteiger partial charge < -0.3 is 19.7 Å². The van der Waals surface area contributed by atoms with Crippen LogP contribution in [0.25, 0.3) is 28.0 Å². The molecule has 0 aliphatic carbocycles. The lowest BCUT2D eigenvalue weighted by Crippen LogP contribution is -2.40. The van der Waals surface area contributed by atoms with Crippen molar-refractivity contribution >= 4 is 16.8 Å². The maximum absolute atomic E-state index is 12.8. The number of aromatic nitrogens is 4. The summed E-state index contributed by atoms with van der Waals surface area (Å²) in [4.78, 5) is 27.1. The Labute approximate surface area is 227 Å². The normalized spacial score (nSPS) is 14.7. The Hall–Kier alpha value is -4.01. The first-order valence-electron chi connectivity index (χ1n) is 13.8. The van der Waals surface area contributed by atoms with Gasteiger partial charge in [-0.1, -0.05) is 27.7 Å². The molecule has 0 bridgehead atoms. The predicted octanol–water partition coefficient (Wildman–Crippen LogP) is 5.00. The summed E-state index contributed by atoms with van der Waals surface area (Å²) in [5.41, 5.74) is 2.33. The maximum atomic E-state index is 12.8. The molecule has 1 aliphatic heterocycles. The molecule has 3 N–H and O–H groups in total. The lowest BCUT2D eigenvalue weighted by Gasteiger charge is -2.33. The van der Waals surface area contributed by atoms with Gasteiger partial charge in [0.15, 0.2) is 5.82 Å². The van der Waals surface area contributed by atoms with E-state index in [0.29, 0.717) is 22.7 Å². The predicted molar refractivity (Wildman–Crippen MR) is 151 cm³/mol. The fourth-order valence-corrected chi connectivity index (χ4v) is 5.60. The molecule has 1 fully saturated rings. The van der Waals surface area contributed by atoms with Crippen molar-refractivity contribution in [1.29, 1.82) is 0 Å². The lowest BCUT2D eigenvalue weighted by molar-refractivity contribution is -0.135. The molecule has 0 unspecified atom stereocenters. The zero-order valence-electron chi connectivity index (χ0n) is 23.0. The highest BCUT2D eigenvalue weighted by Gasteiger charge is 2.24. The number of amides is 1. The van der Waals surface area contributed by atoms with Gasteiger partial charge in [-0.05, 0) is 67.0 Å². The van der Waals surface area contributed by atoms with Crippen LogP contribution in [0.15, 0.2) is 47.4 Å². The van der Waals surface area contributed by atoms with Crippen LogP contribution in [-0.2, 0) is 11.3 Å². The topological polar surface area (TPSA) is 116 Å². The molecular weight excluding hydrogens is 494 g/mol. The van der Waals surface area contributed by atoms with Gasteiger partial charge in [-0.3, -0.25) is 4.79 Å². The molecule has 0 radical (unpaired) electrons. The number of nitrogens with zero attached hydrogens (tertiary/aromatic N) is 4. The van der Waals surface area contributed by atoms with E-state index in [4.69, 9.17) is 0 Å². The number of aryl methyl sites for hydroxylation is 1. The molecule has 3 heterocycles. The standard InChI is InChI=1S/C30H37N5O4/c1-18(2)23-16-24(27(37)17-26(23)36)28-31-32-30(39)35(28)22-5-6-25-21(15-22)10-14-33(25)11-7-20-8-12-34(13-9-20)29(38)19(3)4/h5-6,10,14-20,36-37H,7-9,11-13H2,1-4H3,(H,32,39). The van der Waals surface area contributed by atoms with Crippen LogP contribution in [0.1, 0.15) is 58.4 Å². The number of rotatable bonds is 7. The van der Waals surface area contributed by atoms with Crippen molar-refractivity contribution in [3.63, 3.8) is 0 Å². The molecule has 1 saturated heterocycles. The van der Waals surface area contributed by atoms with E-state index in [0.717, 1.165) is 49.8 Å². The van der Waals surface area contributed by atoms with Gasteiger partial charge in [-0.25, -0.2) is 14.5 Å². The van der Waals surface area contributed by atoms with Crippen molar-refractivity contribution in [2.45, 2.75) is 59.4 Å². The Kier molecular flexibility index (Phi) is 7.25. The van der Waals surface area contributed by atoms with Crippen molar-refractivity contribution in [2.24, 2.45) is 11.8 Å². The van der Waals surface area contributed by atoms with Crippen LogP contribution in [0, 0.1) is 11.8 Å². The van der Waals surface area contributed by atoms with Crippen LogP contribution < -0.4 is 5.69 Å². The number of H-pyrrole nitrogens is 1. The Morgan fingerprint density at radius 3 is 2.49 bits per heavy atom. The number of aromatic amines is 1. The number of fused-ring (bicyclic) bond motifs is 1. The van der Waals surface area contributed by atoms with Gasteiger partial charge in [0.2, 0.25) is 5.91 Å². The monoisotopic (exact) mass is 531 g/mol. The number of aromatic hydroxyl groups is 2. The zero-order valence-corrected chi connectivity index (χ0v) is 23.0. The van der Waals surface area contributed by atoms with Crippen LogP contribution in [0.2, 0.25) is 0 Å². The molecule has 5 rings (SSSR count). The van der Waals surface area contributed by atoms with Gasteiger partial charge in [0.1, 0.15) is 11.5 Å². The van der Waals surface area contributed by atoms with Crippen LogP contribution in [0.4, 0.5) is 0 Å².